The van der Waals surface area contributed by atoms with Gasteiger partial charge in [0.1, 0.15) is 0 Å². The third-order valence-electron chi connectivity index (χ3n) is 2.47. The van der Waals surface area contributed by atoms with Crippen LogP contribution in [0.3, 0.4) is 0 Å². The summed E-state index contributed by atoms with van der Waals surface area (Å²) in [4.78, 5) is 35.8. The topological polar surface area (TPSA) is 107 Å². The van der Waals surface area contributed by atoms with Crippen molar-refractivity contribution in [2.45, 2.75) is 19.6 Å². The van der Waals surface area contributed by atoms with Crippen LogP contribution in [-0.2, 0) is 9.53 Å². The number of amides is 1. The van der Waals surface area contributed by atoms with Crippen molar-refractivity contribution in [2.75, 3.05) is 0 Å². The third kappa shape index (κ3) is 1.99. The predicted molar refractivity (Wildman–Crippen MR) is 58.1 cm³/mol. The molecule has 1 amide bonds. The number of nitrogens with zero attached hydrogens (tertiary/aromatic N) is 1. The molecule has 1 atom stereocenters. The number of aryl methyl sites for hydroxylation is 1. The summed E-state index contributed by atoms with van der Waals surface area (Å²) in [5, 5.41) is 0. The molecule has 2 heterocycles. The van der Waals surface area contributed by atoms with E-state index in [0.29, 0.717) is 12.0 Å². The fourth-order valence-electron chi connectivity index (χ4n) is 1.58. The largest absolute Gasteiger partial charge is 0.464 e. The summed E-state index contributed by atoms with van der Waals surface area (Å²) in [5.74, 6) is -0.646. The third-order valence-corrected chi connectivity index (χ3v) is 2.47. The molecule has 0 spiro atoms. The Hall–Kier alpha value is -2.31. The molecule has 0 aliphatic carbocycles. The van der Waals surface area contributed by atoms with Crippen LogP contribution in [0.5, 0.6) is 0 Å². The van der Waals surface area contributed by atoms with Gasteiger partial charge in [0.05, 0.1) is 0 Å². The Balaban J connectivity index is 2.33. The lowest BCUT2D eigenvalue weighted by Crippen LogP contribution is -2.33. The molecular formula is C10H11N3O4. The lowest BCUT2D eigenvalue weighted by Gasteiger charge is -2.14. The molecule has 0 fully saturated rings. The molecular weight excluding hydrogens is 226 g/mol. The molecule has 3 N–H and O–H groups in total. The van der Waals surface area contributed by atoms with Crippen molar-refractivity contribution in [1.29, 1.82) is 0 Å². The minimum Gasteiger partial charge on any atom is -0.464 e. The van der Waals surface area contributed by atoms with Gasteiger partial charge in [-0.05, 0) is 13.0 Å². The van der Waals surface area contributed by atoms with Crippen molar-refractivity contribution in [3.8, 4) is 0 Å². The van der Waals surface area contributed by atoms with Gasteiger partial charge in [-0.25, -0.2) is 4.79 Å². The number of ether oxygens (including phenoxy) is 1. The van der Waals surface area contributed by atoms with Crippen molar-refractivity contribution in [1.82, 2.24) is 9.55 Å². The number of carbonyl (C=O) groups is 1. The monoisotopic (exact) mass is 237 g/mol. The van der Waals surface area contributed by atoms with Gasteiger partial charge in [-0.3, -0.25) is 19.1 Å². The Morgan fingerprint density at radius 1 is 1.59 bits per heavy atom. The average molecular weight is 237 g/mol. The number of hydrogen-bond donors (Lipinski definition) is 2. The molecule has 17 heavy (non-hydrogen) atoms. The standard InChI is InChI=1S/C10H11N3O4/c1-5-4-13(10(16)12-9(5)15)7-3-2-6(17-7)8(11)14/h2,4,7H,3H2,1H3,(H2,11,14)(H,12,15,16)/t7-/m1/s1. The Morgan fingerprint density at radius 2 is 2.29 bits per heavy atom. The molecule has 1 aromatic heterocycles. The quantitative estimate of drug-likeness (QED) is 0.697. The summed E-state index contributed by atoms with van der Waals surface area (Å²) < 4.78 is 6.44. The van der Waals surface area contributed by atoms with E-state index in [4.69, 9.17) is 10.5 Å². The van der Waals surface area contributed by atoms with Crippen molar-refractivity contribution in [3.05, 3.63) is 44.4 Å². The zero-order chi connectivity index (χ0) is 12.6. The molecule has 7 nitrogen and oxygen atoms in total. The summed E-state index contributed by atoms with van der Waals surface area (Å²) in [6, 6.07) is 0. The summed E-state index contributed by atoms with van der Waals surface area (Å²) in [7, 11) is 0. The normalized spacial score (nSPS) is 18.6. The summed E-state index contributed by atoms with van der Waals surface area (Å²) in [5.41, 5.74) is 4.43. The van der Waals surface area contributed by atoms with Gasteiger partial charge >= 0.3 is 5.69 Å². The van der Waals surface area contributed by atoms with Crippen LogP contribution in [0.15, 0.2) is 27.6 Å². The van der Waals surface area contributed by atoms with Crippen LogP contribution in [0.25, 0.3) is 0 Å². The van der Waals surface area contributed by atoms with Crippen molar-refractivity contribution in [2.24, 2.45) is 5.73 Å². The van der Waals surface area contributed by atoms with E-state index in [-0.39, 0.29) is 5.76 Å². The number of primary amides is 1. The maximum Gasteiger partial charge on any atom is 0.331 e. The van der Waals surface area contributed by atoms with Crippen LogP contribution in [0, 0.1) is 6.92 Å². The molecule has 0 radical (unpaired) electrons. The first-order valence-electron chi connectivity index (χ1n) is 4.97. The van der Waals surface area contributed by atoms with Crippen LogP contribution in [0.1, 0.15) is 18.2 Å². The van der Waals surface area contributed by atoms with Gasteiger partial charge in [0, 0.05) is 18.2 Å². The van der Waals surface area contributed by atoms with Crippen molar-refractivity contribution in [3.63, 3.8) is 0 Å². The van der Waals surface area contributed by atoms with Crippen LogP contribution in [0.2, 0.25) is 0 Å². The van der Waals surface area contributed by atoms with E-state index in [1.807, 2.05) is 0 Å². The molecule has 7 heteroatoms. The number of carbonyl (C=O) groups excluding carboxylic acids is 1. The molecule has 1 aromatic rings. The fourth-order valence-corrected chi connectivity index (χ4v) is 1.58. The van der Waals surface area contributed by atoms with Crippen LogP contribution >= 0.6 is 0 Å². The smallest absolute Gasteiger partial charge is 0.331 e. The van der Waals surface area contributed by atoms with Gasteiger partial charge in [0.25, 0.3) is 11.5 Å². The molecule has 0 unspecified atom stereocenters. The summed E-state index contributed by atoms with van der Waals surface area (Å²) >= 11 is 0. The first-order valence-corrected chi connectivity index (χ1v) is 4.97. The van der Waals surface area contributed by atoms with Crippen LogP contribution in [0.4, 0.5) is 0 Å². The summed E-state index contributed by atoms with van der Waals surface area (Å²) in [6.45, 7) is 1.58. The number of aromatic nitrogens is 2. The predicted octanol–water partition coefficient (Wildman–Crippen LogP) is -0.867. The fraction of sp³-hybridized carbons (Fsp3) is 0.300. The number of hydrogen-bond acceptors (Lipinski definition) is 4. The number of aromatic amines is 1. The Labute approximate surface area is 95.5 Å². The lowest BCUT2D eigenvalue weighted by atomic mass is 10.3. The van der Waals surface area contributed by atoms with E-state index < -0.39 is 23.4 Å². The van der Waals surface area contributed by atoms with Crippen molar-refractivity contribution >= 4 is 5.91 Å². The second kappa shape index (κ2) is 3.93. The molecule has 90 valence electrons. The number of rotatable bonds is 2. The Morgan fingerprint density at radius 3 is 2.88 bits per heavy atom. The van der Waals surface area contributed by atoms with Gasteiger partial charge < -0.3 is 10.5 Å². The second-order valence-corrected chi connectivity index (χ2v) is 3.72. The Kier molecular flexibility index (Phi) is 2.58. The molecule has 1 aliphatic rings. The van der Waals surface area contributed by atoms with Gasteiger partial charge in [0.15, 0.2) is 12.0 Å². The first-order chi connectivity index (χ1) is 7.99. The van der Waals surface area contributed by atoms with E-state index in [0.717, 1.165) is 0 Å². The summed E-state index contributed by atoms with van der Waals surface area (Å²) in [6.07, 6.45) is 2.62. The highest BCUT2D eigenvalue weighted by Gasteiger charge is 2.24. The van der Waals surface area contributed by atoms with Gasteiger partial charge in [-0.15, -0.1) is 0 Å². The van der Waals surface area contributed by atoms with E-state index in [9.17, 15) is 14.4 Å². The molecule has 1 aliphatic heterocycles. The molecule has 0 saturated heterocycles. The van der Waals surface area contributed by atoms with Gasteiger partial charge in [0.2, 0.25) is 0 Å². The molecule has 2 rings (SSSR count). The first kappa shape index (κ1) is 11.2. The zero-order valence-corrected chi connectivity index (χ0v) is 9.10. The van der Waals surface area contributed by atoms with Crippen molar-refractivity contribution < 1.29 is 9.53 Å². The van der Waals surface area contributed by atoms with E-state index in [2.05, 4.69) is 4.98 Å². The maximum absolute atomic E-state index is 11.5. The molecule has 0 saturated carbocycles. The second-order valence-electron chi connectivity index (χ2n) is 3.72. The zero-order valence-electron chi connectivity index (χ0n) is 9.10. The SMILES string of the molecule is Cc1cn([C@H]2CC=C(C(N)=O)O2)c(=O)[nH]c1=O. The highest BCUT2D eigenvalue weighted by Crippen LogP contribution is 2.24. The van der Waals surface area contributed by atoms with Gasteiger partial charge in [-0.1, -0.05) is 0 Å². The lowest BCUT2D eigenvalue weighted by molar-refractivity contribution is -0.119. The maximum atomic E-state index is 11.5. The molecule has 0 bridgehead atoms. The van der Waals surface area contributed by atoms with E-state index in [1.165, 1.54) is 16.8 Å². The number of nitrogens with two attached hydrogens (primary N) is 1. The van der Waals surface area contributed by atoms with E-state index in [1.54, 1.807) is 6.92 Å². The van der Waals surface area contributed by atoms with E-state index >= 15 is 0 Å². The highest BCUT2D eigenvalue weighted by atomic mass is 16.5. The Bertz CT molecular complexity index is 611. The molecule has 0 aromatic carbocycles. The van der Waals surface area contributed by atoms with Crippen LogP contribution < -0.4 is 17.0 Å². The highest BCUT2D eigenvalue weighted by molar-refractivity contribution is 5.90. The van der Waals surface area contributed by atoms with Crippen LogP contribution in [-0.4, -0.2) is 15.5 Å². The minimum atomic E-state index is -0.679. The number of H-pyrrole nitrogens is 1. The number of nitrogens with one attached hydrogen (secondary N) is 1. The minimum absolute atomic E-state index is 0.0331. The average Bonchev–Trinajstić information content (AvgIpc) is 2.72. The van der Waals surface area contributed by atoms with Gasteiger partial charge in [-0.2, -0.15) is 0 Å².